The summed E-state index contributed by atoms with van der Waals surface area (Å²) in [4.78, 5) is 21.7. The standard InChI is InChI=1S/C9H15NO3/c1-2-3-7(11)10-6-9(4-5-9)8(12)13/h2-6H2,1H3,(H,10,11)(H,12,13). The first-order valence-electron chi connectivity index (χ1n) is 4.61. The minimum absolute atomic E-state index is 0.0463. The molecule has 0 aliphatic heterocycles. The number of hydrogen-bond acceptors (Lipinski definition) is 2. The molecule has 2 N–H and O–H groups in total. The molecule has 1 aliphatic rings. The van der Waals surface area contributed by atoms with E-state index in [4.69, 9.17) is 5.11 Å². The van der Waals surface area contributed by atoms with Crippen LogP contribution in [0.25, 0.3) is 0 Å². The van der Waals surface area contributed by atoms with Gasteiger partial charge >= 0.3 is 5.97 Å². The third-order valence-electron chi connectivity index (χ3n) is 2.41. The highest BCUT2D eigenvalue weighted by Crippen LogP contribution is 2.45. The molecule has 1 saturated carbocycles. The van der Waals surface area contributed by atoms with E-state index in [0.717, 1.165) is 6.42 Å². The number of aliphatic carboxylic acids is 1. The predicted molar refractivity (Wildman–Crippen MR) is 47.2 cm³/mol. The molecular weight excluding hydrogens is 170 g/mol. The molecule has 1 amide bonds. The molecule has 0 aromatic carbocycles. The molecule has 1 rings (SSSR count). The first-order valence-corrected chi connectivity index (χ1v) is 4.61. The van der Waals surface area contributed by atoms with Gasteiger partial charge in [-0.25, -0.2) is 0 Å². The van der Waals surface area contributed by atoms with Crippen LogP contribution >= 0.6 is 0 Å². The van der Waals surface area contributed by atoms with E-state index in [1.54, 1.807) is 0 Å². The Bertz CT molecular complexity index is 221. The zero-order valence-corrected chi connectivity index (χ0v) is 7.80. The summed E-state index contributed by atoms with van der Waals surface area (Å²) >= 11 is 0. The molecule has 0 radical (unpaired) electrons. The Morgan fingerprint density at radius 2 is 2.08 bits per heavy atom. The van der Waals surface area contributed by atoms with Crippen molar-refractivity contribution in [2.45, 2.75) is 32.6 Å². The number of carboxylic acid groups (broad SMARTS) is 1. The highest BCUT2D eigenvalue weighted by molar-refractivity contribution is 5.80. The van der Waals surface area contributed by atoms with Gasteiger partial charge in [0, 0.05) is 13.0 Å². The van der Waals surface area contributed by atoms with E-state index in [-0.39, 0.29) is 5.91 Å². The molecule has 4 heteroatoms. The van der Waals surface area contributed by atoms with Crippen LogP contribution in [0.1, 0.15) is 32.6 Å². The van der Waals surface area contributed by atoms with Crippen LogP contribution in [-0.2, 0) is 9.59 Å². The zero-order valence-electron chi connectivity index (χ0n) is 7.80. The average Bonchev–Trinajstić information content (AvgIpc) is 2.82. The molecule has 1 fully saturated rings. The van der Waals surface area contributed by atoms with Crippen molar-refractivity contribution in [1.29, 1.82) is 0 Å². The number of rotatable bonds is 5. The van der Waals surface area contributed by atoms with Crippen molar-refractivity contribution in [3.63, 3.8) is 0 Å². The maximum Gasteiger partial charge on any atom is 0.311 e. The number of carbonyl (C=O) groups excluding carboxylic acids is 1. The number of amides is 1. The van der Waals surface area contributed by atoms with Gasteiger partial charge in [-0.15, -0.1) is 0 Å². The van der Waals surface area contributed by atoms with Crippen molar-refractivity contribution in [2.75, 3.05) is 6.54 Å². The van der Waals surface area contributed by atoms with Crippen LogP contribution in [0, 0.1) is 5.41 Å². The molecule has 0 bridgehead atoms. The SMILES string of the molecule is CCCC(=O)NCC1(C(=O)O)CC1. The summed E-state index contributed by atoms with van der Waals surface area (Å²) in [6, 6.07) is 0. The van der Waals surface area contributed by atoms with Gasteiger partial charge in [0.15, 0.2) is 0 Å². The quantitative estimate of drug-likeness (QED) is 0.664. The Hall–Kier alpha value is -1.06. The van der Waals surface area contributed by atoms with Crippen LogP contribution < -0.4 is 5.32 Å². The maximum atomic E-state index is 11.0. The van der Waals surface area contributed by atoms with Crippen LogP contribution in [0.4, 0.5) is 0 Å². The normalized spacial score (nSPS) is 17.9. The molecular formula is C9H15NO3. The number of hydrogen-bond donors (Lipinski definition) is 2. The fraction of sp³-hybridized carbons (Fsp3) is 0.778. The molecule has 74 valence electrons. The van der Waals surface area contributed by atoms with Crippen LogP contribution in [0.5, 0.6) is 0 Å². The molecule has 0 aromatic rings. The lowest BCUT2D eigenvalue weighted by Crippen LogP contribution is -2.33. The van der Waals surface area contributed by atoms with Gasteiger partial charge < -0.3 is 10.4 Å². The molecule has 13 heavy (non-hydrogen) atoms. The Balaban J connectivity index is 2.26. The summed E-state index contributed by atoms with van der Waals surface area (Å²) in [6.45, 7) is 2.21. The summed E-state index contributed by atoms with van der Waals surface area (Å²) in [5.41, 5.74) is -0.636. The topological polar surface area (TPSA) is 66.4 Å². The molecule has 4 nitrogen and oxygen atoms in total. The van der Waals surface area contributed by atoms with Crippen molar-refractivity contribution >= 4 is 11.9 Å². The van der Waals surface area contributed by atoms with E-state index in [9.17, 15) is 9.59 Å². The summed E-state index contributed by atoms with van der Waals surface area (Å²) in [6.07, 6.45) is 2.66. The number of nitrogens with one attached hydrogen (secondary N) is 1. The smallest absolute Gasteiger partial charge is 0.311 e. The van der Waals surface area contributed by atoms with Crippen LogP contribution in [0.3, 0.4) is 0 Å². The maximum absolute atomic E-state index is 11.0. The van der Waals surface area contributed by atoms with Gasteiger partial charge in [0.2, 0.25) is 5.91 Å². The van der Waals surface area contributed by atoms with Crippen molar-refractivity contribution in [2.24, 2.45) is 5.41 Å². The second kappa shape index (κ2) is 3.77. The number of carboxylic acids is 1. The predicted octanol–water partition coefficient (Wildman–Crippen LogP) is 0.767. The lowest BCUT2D eigenvalue weighted by atomic mass is 10.1. The fourth-order valence-corrected chi connectivity index (χ4v) is 1.20. The van der Waals surface area contributed by atoms with Gasteiger partial charge in [-0.05, 0) is 19.3 Å². The van der Waals surface area contributed by atoms with E-state index >= 15 is 0 Å². The molecule has 0 saturated heterocycles. The second-order valence-electron chi connectivity index (χ2n) is 3.61. The third-order valence-corrected chi connectivity index (χ3v) is 2.41. The summed E-state index contributed by atoms with van der Waals surface area (Å²) < 4.78 is 0. The minimum atomic E-state index is -0.788. The van der Waals surface area contributed by atoms with Crippen LogP contribution in [-0.4, -0.2) is 23.5 Å². The lowest BCUT2D eigenvalue weighted by Gasteiger charge is -2.10. The average molecular weight is 185 g/mol. The highest BCUT2D eigenvalue weighted by Gasteiger charge is 2.50. The van der Waals surface area contributed by atoms with Gasteiger partial charge in [0.25, 0.3) is 0 Å². The van der Waals surface area contributed by atoms with E-state index < -0.39 is 11.4 Å². The molecule has 1 aliphatic carbocycles. The zero-order chi connectivity index (χ0) is 9.90. The van der Waals surface area contributed by atoms with Crippen molar-refractivity contribution in [1.82, 2.24) is 5.32 Å². The van der Waals surface area contributed by atoms with Gasteiger partial charge in [-0.3, -0.25) is 9.59 Å². The van der Waals surface area contributed by atoms with Gasteiger partial charge in [-0.2, -0.15) is 0 Å². The van der Waals surface area contributed by atoms with E-state index in [2.05, 4.69) is 5.32 Å². The molecule has 0 atom stereocenters. The van der Waals surface area contributed by atoms with Crippen molar-refractivity contribution in [3.05, 3.63) is 0 Å². The molecule has 0 heterocycles. The Morgan fingerprint density at radius 3 is 2.46 bits per heavy atom. The van der Waals surface area contributed by atoms with Crippen LogP contribution in [0.15, 0.2) is 0 Å². The van der Waals surface area contributed by atoms with E-state index in [0.29, 0.717) is 25.8 Å². The van der Waals surface area contributed by atoms with E-state index in [1.165, 1.54) is 0 Å². The third kappa shape index (κ3) is 2.44. The highest BCUT2D eigenvalue weighted by atomic mass is 16.4. The Kier molecular flexibility index (Phi) is 2.90. The number of carbonyl (C=O) groups is 2. The lowest BCUT2D eigenvalue weighted by molar-refractivity contribution is -0.143. The summed E-state index contributed by atoms with van der Waals surface area (Å²) in [7, 11) is 0. The first-order chi connectivity index (χ1) is 6.10. The van der Waals surface area contributed by atoms with Gasteiger partial charge in [-0.1, -0.05) is 6.92 Å². The Morgan fingerprint density at radius 1 is 1.46 bits per heavy atom. The largest absolute Gasteiger partial charge is 0.481 e. The second-order valence-corrected chi connectivity index (χ2v) is 3.61. The molecule has 0 aromatic heterocycles. The molecule has 0 unspecified atom stereocenters. The molecule has 0 spiro atoms. The monoisotopic (exact) mass is 185 g/mol. The van der Waals surface area contributed by atoms with E-state index in [1.807, 2.05) is 6.92 Å². The van der Waals surface area contributed by atoms with Gasteiger partial charge in [0.1, 0.15) is 0 Å². The van der Waals surface area contributed by atoms with Crippen LogP contribution in [0.2, 0.25) is 0 Å². The summed E-state index contributed by atoms with van der Waals surface area (Å²) in [5, 5.41) is 11.4. The van der Waals surface area contributed by atoms with Gasteiger partial charge in [0.05, 0.1) is 5.41 Å². The van der Waals surface area contributed by atoms with Crippen molar-refractivity contribution in [3.8, 4) is 0 Å². The van der Waals surface area contributed by atoms with Crippen molar-refractivity contribution < 1.29 is 14.7 Å². The Labute approximate surface area is 77.3 Å². The first kappa shape index (κ1) is 10.0. The minimum Gasteiger partial charge on any atom is -0.481 e. The fourth-order valence-electron chi connectivity index (χ4n) is 1.20. The summed E-state index contributed by atoms with van der Waals surface area (Å²) in [5.74, 6) is -0.834.